The van der Waals surface area contributed by atoms with Crippen molar-refractivity contribution in [1.29, 1.82) is 0 Å². The van der Waals surface area contributed by atoms with Crippen molar-refractivity contribution in [3.63, 3.8) is 0 Å². The Morgan fingerprint density at radius 1 is 1.67 bits per heavy atom. The van der Waals surface area contributed by atoms with Crippen LogP contribution in [0.3, 0.4) is 0 Å². The molecule has 0 aliphatic rings. The third kappa shape index (κ3) is 3.24. The van der Waals surface area contributed by atoms with E-state index in [-0.39, 0.29) is 10.7 Å². The van der Waals surface area contributed by atoms with E-state index in [1.54, 1.807) is 0 Å². The van der Waals surface area contributed by atoms with Crippen LogP contribution in [0.25, 0.3) is 0 Å². The van der Waals surface area contributed by atoms with Gasteiger partial charge in [0.05, 0.1) is 5.02 Å². The zero-order valence-electron chi connectivity index (χ0n) is 7.83. The van der Waals surface area contributed by atoms with Crippen LogP contribution in [-0.2, 0) is 0 Å². The summed E-state index contributed by atoms with van der Waals surface area (Å²) in [6.45, 7) is 0.487. The largest absolute Gasteiger partial charge is 0.476 e. The summed E-state index contributed by atoms with van der Waals surface area (Å²) < 4.78 is 0. The van der Waals surface area contributed by atoms with Gasteiger partial charge in [-0.3, -0.25) is 0 Å². The summed E-state index contributed by atoms with van der Waals surface area (Å²) >= 11 is 5.70. The number of carbonyl (C=O) groups is 1. The summed E-state index contributed by atoms with van der Waals surface area (Å²) in [4.78, 5) is 14.3. The number of aromatic nitrogens is 1. The maximum atomic E-state index is 10.6. The molecule has 1 aromatic rings. The van der Waals surface area contributed by atoms with Crippen molar-refractivity contribution in [3.8, 4) is 11.8 Å². The lowest BCUT2D eigenvalue weighted by molar-refractivity contribution is 0.0690. The Morgan fingerprint density at radius 2 is 2.40 bits per heavy atom. The SMILES string of the molecule is NCCC#Cc1cnc(C(=O)O)c(Cl)c1. The van der Waals surface area contributed by atoms with Gasteiger partial charge in [0.15, 0.2) is 5.69 Å². The predicted octanol–water partition coefficient (Wildman–Crippen LogP) is 1.13. The molecule has 0 bridgehead atoms. The van der Waals surface area contributed by atoms with Crippen LogP contribution in [0.4, 0.5) is 0 Å². The van der Waals surface area contributed by atoms with E-state index in [2.05, 4.69) is 16.8 Å². The molecule has 15 heavy (non-hydrogen) atoms. The van der Waals surface area contributed by atoms with Gasteiger partial charge in [-0.25, -0.2) is 9.78 Å². The van der Waals surface area contributed by atoms with Gasteiger partial charge in [-0.2, -0.15) is 0 Å². The van der Waals surface area contributed by atoms with Crippen LogP contribution < -0.4 is 5.73 Å². The van der Waals surface area contributed by atoms with E-state index in [9.17, 15) is 4.79 Å². The van der Waals surface area contributed by atoms with Crippen LogP contribution >= 0.6 is 11.6 Å². The Morgan fingerprint density at radius 3 is 2.93 bits per heavy atom. The number of nitrogens with two attached hydrogens (primary N) is 1. The number of pyridine rings is 1. The Labute approximate surface area is 92.1 Å². The van der Waals surface area contributed by atoms with Crippen molar-refractivity contribution in [2.45, 2.75) is 6.42 Å². The lowest BCUT2D eigenvalue weighted by Crippen LogP contribution is -2.01. The summed E-state index contributed by atoms with van der Waals surface area (Å²) in [6.07, 6.45) is 1.96. The third-order valence-corrected chi connectivity index (χ3v) is 1.83. The molecule has 0 spiro atoms. The monoisotopic (exact) mass is 224 g/mol. The highest BCUT2D eigenvalue weighted by Gasteiger charge is 2.09. The van der Waals surface area contributed by atoms with Crippen molar-refractivity contribution >= 4 is 17.6 Å². The zero-order valence-corrected chi connectivity index (χ0v) is 8.58. The van der Waals surface area contributed by atoms with E-state index in [1.807, 2.05) is 0 Å². The Hall–Kier alpha value is -1.57. The van der Waals surface area contributed by atoms with Crippen molar-refractivity contribution < 1.29 is 9.90 Å². The first-order valence-corrected chi connectivity index (χ1v) is 4.60. The lowest BCUT2D eigenvalue weighted by atomic mass is 10.2. The average Bonchev–Trinajstić information content (AvgIpc) is 2.17. The number of aromatic carboxylic acids is 1. The number of carboxylic acid groups (broad SMARTS) is 1. The average molecular weight is 225 g/mol. The molecule has 3 N–H and O–H groups in total. The quantitative estimate of drug-likeness (QED) is 0.739. The van der Waals surface area contributed by atoms with Gasteiger partial charge in [0.2, 0.25) is 0 Å². The molecule has 5 heteroatoms. The number of rotatable bonds is 2. The summed E-state index contributed by atoms with van der Waals surface area (Å²) in [5.74, 6) is 4.44. The standard InChI is InChI=1S/C10H9ClN2O2/c11-8-5-7(3-1-2-4-12)6-13-9(8)10(14)15/h5-6H,2,4,12H2,(H,14,15). The van der Waals surface area contributed by atoms with Gasteiger partial charge < -0.3 is 10.8 Å². The fourth-order valence-electron chi connectivity index (χ4n) is 0.900. The molecule has 0 atom stereocenters. The van der Waals surface area contributed by atoms with E-state index in [0.29, 0.717) is 18.5 Å². The lowest BCUT2D eigenvalue weighted by Gasteiger charge is -1.97. The molecular formula is C10H9ClN2O2. The maximum Gasteiger partial charge on any atom is 0.356 e. The number of hydrogen-bond donors (Lipinski definition) is 2. The molecule has 4 nitrogen and oxygen atoms in total. The normalized spacial score (nSPS) is 9.20. The second-order valence-electron chi connectivity index (χ2n) is 2.70. The van der Waals surface area contributed by atoms with Gasteiger partial charge in [-0.1, -0.05) is 23.4 Å². The summed E-state index contributed by atoms with van der Waals surface area (Å²) in [5, 5.41) is 8.76. The van der Waals surface area contributed by atoms with Gasteiger partial charge in [0.25, 0.3) is 0 Å². The number of halogens is 1. The molecule has 1 aromatic heterocycles. The number of carboxylic acids is 1. The van der Waals surface area contributed by atoms with Gasteiger partial charge >= 0.3 is 5.97 Å². The van der Waals surface area contributed by atoms with E-state index in [1.165, 1.54) is 12.3 Å². The maximum absolute atomic E-state index is 10.6. The van der Waals surface area contributed by atoms with Crippen molar-refractivity contribution in [3.05, 3.63) is 28.5 Å². The molecule has 0 saturated heterocycles. The molecule has 0 aliphatic carbocycles. The third-order valence-electron chi connectivity index (χ3n) is 1.55. The molecule has 0 aliphatic heterocycles. The van der Waals surface area contributed by atoms with E-state index < -0.39 is 5.97 Å². The number of hydrogen-bond acceptors (Lipinski definition) is 3. The van der Waals surface area contributed by atoms with Crippen molar-refractivity contribution in [2.75, 3.05) is 6.54 Å². The van der Waals surface area contributed by atoms with Crippen molar-refractivity contribution in [2.24, 2.45) is 5.73 Å². The molecule has 1 heterocycles. The topological polar surface area (TPSA) is 76.2 Å². The molecule has 0 unspecified atom stereocenters. The van der Waals surface area contributed by atoms with Crippen LogP contribution in [0.2, 0.25) is 5.02 Å². The van der Waals surface area contributed by atoms with Crippen LogP contribution in [0, 0.1) is 11.8 Å². The number of nitrogens with zero attached hydrogens (tertiary/aromatic N) is 1. The molecule has 0 radical (unpaired) electrons. The van der Waals surface area contributed by atoms with E-state index in [0.717, 1.165) is 0 Å². The van der Waals surface area contributed by atoms with Crippen molar-refractivity contribution in [1.82, 2.24) is 4.98 Å². The van der Waals surface area contributed by atoms with Gasteiger partial charge in [0.1, 0.15) is 0 Å². The van der Waals surface area contributed by atoms with Crippen LogP contribution in [0.15, 0.2) is 12.3 Å². The molecule has 0 aromatic carbocycles. The van der Waals surface area contributed by atoms with Crippen LogP contribution in [0.5, 0.6) is 0 Å². The summed E-state index contributed by atoms with van der Waals surface area (Å²) in [7, 11) is 0. The molecular weight excluding hydrogens is 216 g/mol. The molecule has 0 saturated carbocycles. The highest BCUT2D eigenvalue weighted by atomic mass is 35.5. The molecule has 0 fully saturated rings. The first-order valence-electron chi connectivity index (χ1n) is 4.23. The first-order chi connectivity index (χ1) is 7.15. The molecule has 1 rings (SSSR count). The molecule has 0 amide bonds. The van der Waals surface area contributed by atoms with Crippen LogP contribution in [-0.4, -0.2) is 22.6 Å². The Balaban J connectivity index is 2.93. The van der Waals surface area contributed by atoms with E-state index >= 15 is 0 Å². The van der Waals surface area contributed by atoms with Gasteiger partial charge in [-0.05, 0) is 6.07 Å². The van der Waals surface area contributed by atoms with Gasteiger partial charge in [-0.15, -0.1) is 0 Å². The fourth-order valence-corrected chi connectivity index (χ4v) is 1.15. The second-order valence-corrected chi connectivity index (χ2v) is 3.11. The Bertz CT molecular complexity index is 435. The smallest absolute Gasteiger partial charge is 0.356 e. The summed E-state index contributed by atoms with van der Waals surface area (Å²) in [5.41, 5.74) is 5.68. The van der Waals surface area contributed by atoms with Gasteiger partial charge in [0, 0.05) is 24.7 Å². The summed E-state index contributed by atoms with van der Waals surface area (Å²) in [6, 6.07) is 1.47. The molecule has 78 valence electrons. The second kappa shape index (κ2) is 5.35. The first kappa shape index (κ1) is 11.5. The van der Waals surface area contributed by atoms with E-state index in [4.69, 9.17) is 22.4 Å². The zero-order chi connectivity index (χ0) is 11.3. The minimum Gasteiger partial charge on any atom is -0.476 e. The Kier molecular flexibility index (Phi) is 4.10. The fraction of sp³-hybridized carbons (Fsp3) is 0.200. The predicted molar refractivity (Wildman–Crippen MR) is 56.8 cm³/mol. The minimum atomic E-state index is -1.15. The van der Waals surface area contributed by atoms with Crippen LogP contribution in [0.1, 0.15) is 22.5 Å². The highest BCUT2D eigenvalue weighted by molar-refractivity contribution is 6.33. The highest BCUT2D eigenvalue weighted by Crippen LogP contribution is 2.14. The minimum absolute atomic E-state index is 0.0852.